The van der Waals surface area contributed by atoms with Crippen LogP contribution in [0.5, 0.6) is 0 Å². The Morgan fingerprint density at radius 3 is 2.48 bits per heavy atom. The normalized spacial score (nSPS) is 20.9. The number of aliphatic imine (C=N–C) groups is 1. The first-order valence-electron chi connectivity index (χ1n) is 11.2. The van der Waals surface area contributed by atoms with Crippen molar-refractivity contribution in [3.05, 3.63) is 11.6 Å². The Kier molecular flexibility index (Phi) is 10.1. The summed E-state index contributed by atoms with van der Waals surface area (Å²) in [6, 6.07) is 0.565. The van der Waals surface area contributed by atoms with Gasteiger partial charge in [0.25, 0.3) is 0 Å². The molecule has 0 radical (unpaired) electrons. The highest BCUT2D eigenvalue weighted by Crippen LogP contribution is 2.21. The van der Waals surface area contributed by atoms with Crippen molar-refractivity contribution < 1.29 is 0 Å². The van der Waals surface area contributed by atoms with Crippen LogP contribution in [0.4, 0.5) is 0 Å². The molecule has 166 valence electrons. The zero-order valence-electron chi connectivity index (χ0n) is 18.7. The predicted octanol–water partition coefficient (Wildman–Crippen LogP) is 3.18. The van der Waals surface area contributed by atoms with E-state index in [9.17, 15) is 0 Å². The van der Waals surface area contributed by atoms with E-state index < -0.39 is 0 Å². The first-order valence-corrected chi connectivity index (χ1v) is 11.2. The average Bonchev–Trinajstić information content (AvgIpc) is 3.31. The van der Waals surface area contributed by atoms with E-state index in [0.717, 1.165) is 49.7 Å². The molecule has 1 N–H and O–H groups in total. The molecule has 0 amide bonds. The van der Waals surface area contributed by atoms with Crippen LogP contribution in [-0.2, 0) is 13.6 Å². The summed E-state index contributed by atoms with van der Waals surface area (Å²) < 4.78 is 2.04. The molecule has 0 bridgehead atoms. The molecule has 3 rings (SSSR count). The summed E-state index contributed by atoms with van der Waals surface area (Å²) in [7, 11) is 2.02. The minimum absolute atomic E-state index is 0. The lowest BCUT2D eigenvalue weighted by Gasteiger charge is -2.29. The van der Waals surface area contributed by atoms with Gasteiger partial charge in [-0.2, -0.15) is 0 Å². The van der Waals surface area contributed by atoms with E-state index in [4.69, 9.17) is 4.99 Å². The van der Waals surface area contributed by atoms with Crippen molar-refractivity contribution in [2.75, 3.05) is 32.7 Å². The Morgan fingerprint density at radius 1 is 1.14 bits per heavy atom. The van der Waals surface area contributed by atoms with Crippen molar-refractivity contribution in [2.24, 2.45) is 18.0 Å². The van der Waals surface area contributed by atoms with E-state index in [2.05, 4.69) is 39.2 Å². The molecule has 0 aromatic carbocycles. The first-order chi connectivity index (χ1) is 13.6. The molecule has 1 saturated carbocycles. The fourth-order valence-electron chi connectivity index (χ4n) is 4.42. The number of hydrogen-bond donors (Lipinski definition) is 1. The maximum atomic E-state index is 4.99. The largest absolute Gasteiger partial charge is 0.353 e. The maximum absolute atomic E-state index is 4.99. The van der Waals surface area contributed by atoms with Gasteiger partial charge in [0.05, 0.1) is 0 Å². The number of nitrogens with one attached hydrogen (secondary N) is 1. The summed E-state index contributed by atoms with van der Waals surface area (Å²) in [5, 5.41) is 12.3. The van der Waals surface area contributed by atoms with Gasteiger partial charge < -0.3 is 19.7 Å². The van der Waals surface area contributed by atoms with Gasteiger partial charge in [0.2, 0.25) is 0 Å². The molecule has 2 fully saturated rings. The monoisotopic (exact) mass is 517 g/mol. The van der Waals surface area contributed by atoms with Gasteiger partial charge in [-0.25, -0.2) is 4.99 Å². The van der Waals surface area contributed by atoms with E-state index in [1.165, 1.54) is 45.1 Å². The van der Waals surface area contributed by atoms with E-state index in [1.54, 1.807) is 0 Å². The number of halogens is 1. The first kappa shape index (κ1) is 24.4. The third kappa shape index (κ3) is 6.80. The van der Waals surface area contributed by atoms with Gasteiger partial charge in [0, 0.05) is 32.7 Å². The van der Waals surface area contributed by atoms with Gasteiger partial charge in [-0.1, -0.05) is 33.1 Å². The third-order valence-corrected chi connectivity index (χ3v) is 6.49. The Labute approximate surface area is 193 Å². The van der Waals surface area contributed by atoms with E-state index in [0.29, 0.717) is 12.6 Å². The fraction of sp³-hybridized carbons (Fsp3) is 0.857. The number of rotatable bonds is 7. The Morgan fingerprint density at radius 2 is 1.86 bits per heavy atom. The highest BCUT2D eigenvalue weighted by atomic mass is 127. The summed E-state index contributed by atoms with van der Waals surface area (Å²) in [5.41, 5.74) is 0. The SMILES string of the molecule is CCN(CC)CC1CCN(C(=NCc2nnc(C)n2C)NC2CCCCC2)C1.I. The van der Waals surface area contributed by atoms with Crippen LogP contribution in [0, 0.1) is 12.8 Å². The number of nitrogens with zero attached hydrogens (tertiary/aromatic N) is 6. The second-order valence-electron chi connectivity index (χ2n) is 8.43. The molecule has 0 spiro atoms. The quantitative estimate of drug-likeness (QED) is 0.342. The lowest BCUT2D eigenvalue weighted by molar-refractivity contribution is 0.255. The minimum Gasteiger partial charge on any atom is -0.353 e. The van der Waals surface area contributed by atoms with Crippen LogP contribution in [0.1, 0.15) is 64.0 Å². The van der Waals surface area contributed by atoms with Gasteiger partial charge in [-0.15, -0.1) is 34.2 Å². The summed E-state index contributed by atoms with van der Waals surface area (Å²) in [5.74, 6) is 3.68. The van der Waals surface area contributed by atoms with Gasteiger partial charge in [-0.05, 0) is 45.2 Å². The summed E-state index contributed by atoms with van der Waals surface area (Å²) in [6.45, 7) is 12.8. The molecule has 1 aliphatic carbocycles. The number of aryl methyl sites for hydroxylation is 1. The Balaban J connectivity index is 0.00000300. The molecule has 8 heteroatoms. The number of guanidine groups is 1. The molecule has 1 saturated heterocycles. The number of hydrogen-bond acceptors (Lipinski definition) is 4. The molecule has 29 heavy (non-hydrogen) atoms. The average molecular weight is 518 g/mol. The van der Waals surface area contributed by atoms with Crippen LogP contribution in [0.2, 0.25) is 0 Å². The second-order valence-corrected chi connectivity index (χ2v) is 8.43. The lowest BCUT2D eigenvalue weighted by atomic mass is 9.96. The smallest absolute Gasteiger partial charge is 0.194 e. The van der Waals surface area contributed by atoms with Crippen molar-refractivity contribution in [3.8, 4) is 0 Å². The zero-order valence-corrected chi connectivity index (χ0v) is 21.1. The van der Waals surface area contributed by atoms with Crippen molar-refractivity contribution >= 4 is 29.9 Å². The Bertz CT molecular complexity index is 635. The van der Waals surface area contributed by atoms with E-state index in [1.807, 2.05) is 18.5 Å². The van der Waals surface area contributed by atoms with Gasteiger partial charge in [-0.3, -0.25) is 0 Å². The third-order valence-electron chi connectivity index (χ3n) is 6.49. The molecule has 1 atom stereocenters. The van der Waals surface area contributed by atoms with E-state index >= 15 is 0 Å². The second kappa shape index (κ2) is 12.1. The lowest BCUT2D eigenvalue weighted by Crippen LogP contribution is -2.46. The highest BCUT2D eigenvalue weighted by molar-refractivity contribution is 14.0. The molecule has 1 aromatic heterocycles. The molecule has 1 aliphatic heterocycles. The van der Waals surface area contributed by atoms with Crippen molar-refractivity contribution in [1.82, 2.24) is 29.9 Å². The predicted molar refractivity (Wildman–Crippen MR) is 130 cm³/mol. The van der Waals surface area contributed by atoms with Crippen molar-refractivity contribution in [1.29, 1.82) is 0 Å². The minimum atomic E-state index is 0. The Hall–Kier alpha value is -0.900. The topological polar surface area (TPSA) is 61.6 Å². The molecular formula is C21H40IN7. The van der Waals surface area contributed by atoms with Gasteiger partial charge in [0.1, 0.15) is 12.4 Å². The fourth-order valence-corrected chi connectivity index (χ4v) is 4.42. The molecule has 2 heterocycles. The van der Waals surface area contributed by atoms with E-state index in [-0.39, 0.29) is 24.0 Å². The van der Waals surface area contributed by atoms with Crippen LogP contribution in [0.25, 0.3) is 0 Å². The summed E-state index contributed by atoms with van der Waals surface area (Å²) in [4.78, 5) is 10.0. The molecule has 1 aromatic rings. The summed E-state index contributed by atoms with van der Waals surface area (Å²) in [6.07, 6.45) is 7.82. The highest BCUT2D eigenvalue weighted by Gasteiger charge is 2.27. The molecule has 2 aliphatic rings. The van der Waals surface area contributed by atoms with Crippen LogP contribution < -0.4 is 5.32 Å². The number of aromatic nitrogens is 3. The summed E-state index contributed by atoms with van der Waals surface area (Å²) >= 11 is 0. The van der Waals surface area contributed by atoms with Crippen LogP contribution in [0.3, 0.4) is 0 Å². The zero-order chi connectivity index (χ0) is 19.9. The van der Waals surface area contributed by atoms with Gasteiger partial charge >= 0.3 is 0 Å². The molecule has 1 unspecified atom stereocenters. The van der Waals surface area contributed by atoms with Crippen molar-refractivity contribution in [2.45, 2.75) is 71.9 Å². The van der Waals surface area contributed by atoms with Crippen LogP contribution in [-0.4, -0.2) is 69.3 Å². The number of likely N-dealkylation sites (tertiary alicyclic amines) is 1. The van der Waals surface area contributed by atoms with Gasteiger partial charge in [0.15, 0.2) is 11.8 Å². The standard InChI is InChI=1S/C21H39N7.HI/c1-5-27(6-2)15-18-12-13-28(16-18)21(23-19-10-8-7-9-11-19)22-14-20-25-24-17(3)26(20)4;/h18-19H,5-16H2,1-4H3,(H,22,23);1H. The molecular weight excluding hydrogens is 477 g/mol. The van der Waals surface area contributed by atoms with Crippen molar-refractivity contribution in [3.63, 3.8) is 0 Å². The van der Waals surface area contributed by atoms with Crippen LogP contribution in [0.15, 0.2) is 4.99 Å². The maximum Gasteiger partial charge on any atom is 0.194 e. The van der Waals surface area contributed by atoms with Crippen LogP contribution >= 0.6 is 24.0 Å². The molecule has 7 nitrogen and oxygen atoms in total.